The Morgan fingerprint density at radius 3 is 2.05 bits per heavy atom. The molecule has 0 radical (unpaired) electrons. The number of likely N-dealkylation sites (N-methyl/N-ethyl adjacent to an activating group) is 1. The molecule has 0 aliphatic heterocycles. The number of hydrogen-bond donors (Lipinski definition) is 1. The highest BCUT2D eigenvalue weighted by molar-refractivity contribution is 7.89. The highest BCUT2D eigenvalue weighted by Crippen LogP contribution is 2.16. The number of amides is 1. The number of sulfonamides is 1. The van der Waals surface area contributed by atoms with Crippen molar-refractivity contribution in [3.8, 4) is 0 Å². The van der Waals surface area contributed by atoms with Crippen molar-refractivity contribution in [1.29, 1.82) is 0 Å². The van der Waals surface area contributed by atoms with Crippen LogP contribution in [0, 0.1) is 0 Å². The molecule has 0 spiro atoms. The molecule has 19 heavy (non-hydrogen) atoms. The first-order chi connectivity index (χ1) is 8.73. The molecule has 1 N–H and O–H groups in total. The number of carbonyl (C=O) groups is 1. The second-order valence-electron chi connectivity index (χ2n) is 4.60. The van der Waals surface area contributed by atoms with Gasteiger partial charge in [-0.15, -0.1) is 0 Å². The van der Waals surface area contributed by atoms with E-state index >= 15 is 0 Å². The van der Waals surface area contributed by atoms with Crippen molar-refractivity contribution in [3.63, 3.8) is 0 Å². The van der Waals surface area contributed by atoms with Crippen LogP contribution in [0.2, 0.25) is 0 Å². The van der Waals surface area contributed by atoms with Gasteiger partial charge in [0.1, 0.15) is 0 Å². The average Bonchev–Trinajstić information content (AvgIpc) is 2.28. The first-order valence-electron chi connectivity index (χ1n) is 5.70. The van der Waals surface area contributed by atoms with Crippen molar-refractivity contribution in [2.75, 3.05) is 40.1 Å². The number of benzene rings is 1. The van der Waals surface area contributed by atoms with Crippen LogP contribution >= 0.6 is 0 Å². The van der Waals surface area contributed by atoms with E-state index in [1.54, 1.807) is 31.1 Å². The topological polar surface area (TPSA) is 69.7 Å². The van der Waals surface area contributed by atoms with Crippen molar-refractivity contribution in [3.05, 3.63) is 24.3 Å². The smallest absolute Gasteiger partial charge is 0.242 e. The average molecular weight is 285 g/mol. The summed E-state index contributed by atoms with van der Waals surface area (Å²) in [5.74, 6) is -0.145. The van der Waals surface area contributed by atoms with Gasteiger partial charge in [-0.2, -0.15) is 0 Å². The highest BCUT2D eigenvalue weighted by atomic mass is 32.2. The molecule has 1 amide bonds. The lowest BCUT2D eigenvalue weighted by atomic mass is 10.3. The van der Waals surface area contributed by atoms with Gasteiger partial charge in [0.05, 0.1) is 11.4 Å². The van der Waals surface area contributed by atoms with Crippen LogP contribution in [0.1, 0.15) is 0 Å². The summed E-state index contributed by atoms with van der Waals surface area (Å²) in [5, 5.41) is 2.69. The van der Waals surface area contributed by atoms with Gasteiger partial charge in [-0.3, -0.25) is 4.79 Å². The van der Waals surface area contributed by atoms with Crippen LogP contribution in [0.3, 0.4) is 0 Å². The largest absolute Gasteiger partial charge is 0.325 e. The van der Waals surface area contributed by atoms with Crippen LogP contribution < -0.4 is 5.32 Å². The van der Waals surface area contributed by atoms with Gasteiger partial charge in [0.2, 0.25) is 15.9 Å². The van der Waals surface area contributed by atoms with Gasteiger partial charge in [-0.25, -0.2) is 12.7 Å². The molecule has 0 heterocycles. The molecule has 0 fully saturated rings. The maximum absolute atomic E-state index is 11.8. The molecule has 0 bridgehead atoms. The minimum absolute atomic E-state index is 0.145. The number of carbonyl (C=O) groups excluding carboxylic acids is 1. The van der Waals surface area contributed by atoms with Crippen LogP contribution in [0.5, 0.6) is 0 Å². The van der Waals surface area contributed by atoms with E-state index in [0.717, 1.165) is 4.31 Å². The summed E-state index contributed by atoms with van der Waals surface area (Å²) >= 11 is 0. The SMILES string of the molecule is CN(C)CC(=O)Nc1ccc(S(=O)(=O)N(C)C)cc1. The molecule has 0 saturated carbocycles. The van der Waals surface area contributed by atoms with Gasteiger partial charge >= 0.3 is 0 Å². The Morgan fingerprint density at radius 2 is 1.63 bits per heavy atom. The zero-order valence-corrected chi connectivity index (χ0v) is 12.4. The quantitative estimate of drug-likeness (QED) is 0.852. The van der Waals surface area contributed by atoms with Crippen molar-refractivity contribution < 1.29 is 13.2 Å². The fourth-order valence-corrected chi connectivity index (χ4v) is 2.31. The van der Waals surface area contributed by atoms with Crippen molar-refractivity contribution in [2.45, 2.75) is 4.90 Å². The first-order valence-corrected chi connectivity index (χ1v) is 7.14. The van der Waals surface area contributed by atoms with E-state index in [0.29, 0.717) is 5.69 Å². The van der Waals surface area contributed by atoms with Gasteiger partial charge in [-0.05, 0) is 38.4 Å². The Bertz CT molecular complexity index is 536. The fraction of sp³-hybridized carbons (Fsp3) is 0.417. The summed E-state index contributed by atoms with van der Waals surface area (Å²) in [6.45, 7) is 0.276. The number of nitrogens with one attached hydrogen (secondary N) is 1. The Morgan fingerprint density at radius 1 is 1.11 bits per heavy atom. The second-order valence-corrected chi connectivity index (χ2v) is 6.75. The third-order valence-electron chi connectivity index (χ3n) is 2.38. The van der Waals surface area contributed by atoms with Crippen LogP contribution in [-0.4, -0.2) is 58.3 Å². The third kappa shape index (κ3) is 4.30. The Hall–Kier alpha value is -1.44. The molecule has 1 rings (SSSR count). The predicted molar refractivity (Wildman–Crippen MR) is 74.5 cm³/mol. The number of anilines is 1. The molecule has 0 aliphatic rings. The number of hydrogen-bond acceptors (Lipinski definition) is 4. The van der Waals surface area contributed by atoms with E-state index in [-0.39, 0.29) is 17.3 Å². The molecule has 0 saturated heterocycles. The zero-order chi connectivity index (χ0) is 14.6. The summed E-state index contributed by atoms with van der Waals surface area (Å²) in [6, 6.07) is 6.09. The maximum atomic E-state index is 11.8. The van der Waals surface area contributed by atoms with Gasteiger partial charge in [0, 0.05) is 19.8 Å². The lowest BCUT2D eigenvalue weighted by molar-refractivity contribution is -0.116. The van der Waals surface area contributed by atoms with Crippen LogP contribution in [0.25, 0.3) is 0 Å². The normalized spacial score (nSPS) is 11.9. The second kappa shape index (κ2) is 6.14. The molecule has 1 aromatic carbocycles. The third-order valence-corrected chi connectivity index (χ3v) is 4.21. The van der Waals surface area contributed by atoms with Crippen molar-refractivity contribution in [2.24, 2.45) is 0 Å². The number of rotatable bonds is 5. The first kappa shape index (κ1) is 15.6. The molecule has 7 heteroatoms. The van der Waals surface area contributed by atoms with E-state index in [1.807, 2.05) is 0 Å². The Kier molecular flexibility index (Phi) is 5.04. The van der Waals surface area contributed by atoms with E-state index in [9.17, 15) is 13.2 Å². The van der Waals surface area contributed by atoms with Crippen LogP contribution in [0.4, 0.5) is 5.69 Å². The molecule has 0 unspecified atom stereocenters. The molecule has 106 valence electrons. The fourth-order valence-electron chi connectivity index (χ4n) is 1.41. The lowest BCUT2D eigenvalue weighted by Crippen LogP contribution is -2.27. The van der Waals surface area contributed by atoms with E-state index in [1.165, 1.54) is 26.2 Å². The van der Waals surface area contributed by atoms with E-state index < -0.39 is 10.0 Å². The molecule has 0 aromatic heterocycles. The molecule has 0 atom stereocenters. The lowest BCUT2D eigenvalue weighted by Gasteiger charge is -2.13. The zero-order valence-electron chi connectivity index (χ0n) is 11.5. The molecule has 0 aliphatic carbocycles. The summed E-state index contributed by atoms with van der Waals surface area (Å²) in [6.07, 6.45) is 0. The van der Waals surface area contributed by atoms with Crippen LogP contribution in [0.15, 0.2) is 29.2 Å². The van der Waals surface area contributed by atoms with E-state index in [2.05, 4.69) is 5.32 Å². The van der Waals surface area contributed by atoms with Crippen molar-refractivity contribution >= 4 is 21.6 Å². The summed E-state index contributed by atoms with van der Waals surface area (Å²) in [7, 11) is 3.12. The maximum Gasteiger partial charge on any atom is 0.242 e. The minimum Gasteiger partial charge on any atom is -0.325 e. The van der Waals surface area contributed by atoms with Gasteiger partial charge in [-0.1, -0.05) is 0 Å². The monoisotopic (exact) mass is 285 g/mol. The molecule has 6 nitrogen and oxygen atoms in total. The summed E-state index contributed by atoms with van der Waals surface area (Å²) < 4.78 is 24.8. The number of nitrogens with zero attached hydrogens (tertiary/aromatic N) is 2. The van der Waals surface area contributed by atoms with Gasteiger partial charge in [0.25, 0.3) is 0 Å². The highest BCUT2D eigenvalue weighted by Gasteiger charge is 2.16. The molecular formula is C12H19N3O3S. The van der Waals surface area contributed by atoms with E-state index in [4.69, 9.17) is 0 Å². The van der Waals surface area contributed by atoms with Crippen LogP contribution in [-0.2, 0) is 14.8 Å². The minimum atomic E-state index is -3.43. The Labute approximate surface area is 114 Å². The van der Waals surface area contributed by atoms with Gasteiger partial charge < -0.3 is 10.2 Å². The summed E-state index contributed by atoms with van der Waals surface area (Å²) in [4.78, 5) is 13.5. The van der Waals surface area contributed by atoms with Gasteiger partial charge in [0.15, 0.2) is 0 Å². The summed E-state index contributed by atoms with van der Waals surface area (Å²) in [5.41, 5.74) is 0.574. The molecule has 1 aromatic rings. The Balaban J connectivity index is 2.81. The predicted octanol–water partition coefficient (Wildman–Crippen LogP) is 0.437. The standard InChI is InChI=1S/C12H19N3O3S/c1-14(2)9-12(16)13-10-5-7-11(8-6-10)19(17,18)15(3)4/h5-8H,9H2,1-4H3,(H,13,16). The van der Waals surface area contributed by atoms with Crippen molar-refractivity contribution in [1.82, 2.24) is 9.21 Å². The molecular weight excluding hydrogens is 266 g/mol.